The van der Waals surface area contributed by atoms with Gasteiger partial charge in [0, 0.05) is 12.8 Å². The van der Waals surface area contributed by atoms with E-state index in [1.54, 1.807) is 0 Å². The van der Waals surface area contributed by atoms with Gasteiger partial charge in [-0.15, -0.1) is 0 Å². The van der Waals surface area contributed by atoms with Crippen LogP contribution in [0.5, 0.6) is 0 Å². The van der Waals surface area contributed by atoms with Crippen LogP contribution in [0.25, 0.3) is 10.8 Å². The Labute approximate surface area is 168 Å². The molecule has 0 unspecified atom stereocenters. The first-order valence-corrected chi connectivity index (χ1v) is 10.5. The van der Waals surface area contributed by atoms with Gasteiger partial charge in [0.1, 0.15) is 6.61 Å². The Bertz CT molecular complexity index is 738. The monoisotopic (exact) mass is 384 g/mol. The first-order valence-electron chi connectivity index (χ1n) is 10.5. The maximum absolute atomic E-state index is 11.9. The first-order chi connectivity index (χ1) is 13.7. The number of benzene rings is 2. The minimum absolute atomic E-state index is 0.226. The molecule has 152 valence electrons. The fraction of sp³-hybridized carbons (Fsp3) is 0.500. The van der Waals surface area contributed by atoms with Gasteiger partial charge in [0.15, 0.2) is 0 Å². The minimum atomic E-state index is -0.281. The van der Waals surface area contributed by atoms with Crippen LogP contribution in [0.4, 0.5) is 0 Å². The number of ether oxygens (including phenoxy) is 2. The average molecular weight is 385 g/mol. The van der Waals surface area contributed by atoms with Crippen molar-refractivity contribution in [3.05, 3.63) is 48.0 Å². The van der Waals surface area contributed by atoms with Crippen LogP contribution in [-0.4, -0.2) is 18.5 Å². The quantitative estimate of drug-likeness (QED) is 0.316. The highest BCUT2D eigenvalue weighted by Gasteiger charge is 2.08. The van der Waals surface area contributed by atoms with Gasteiger partial charge < -0.3 is 9.47 Å². The molecular weight excluding hydrogens is 352 g/mol. The molecule has 4 heteroatoms. The highest BCUT2D eigenvalue weighted by molar-refractivity contribution is 5.83. The Morgan fingerprint density at radius 3 is 2.21 bits per heavy atom. The lowest BCUT2D eigenvalue weighted by molar-refractivity contribution is -0.146. The van der Waals surface area contributed by atoms with Gasteiger partial charge in [-0.3, -0.25) is 9.59 Å². The molecular formula is C24H32O4. The van der Waals surface area contributed by atoms with Gasteiger partial charge in [-0.2, -0.15) is 0 Å². The fourth-order valence-electron chi connectivity index (χ4n) is 3.08. The summed E-state index contributed by atoms with van der Waals surface area (Å²) >= 11 is 0. The number of carbonyl (C=O) groups excluding carboxylic acids is 2. The largest absolute Gasteiger partial charge is 0.466 e. The molecule has 0 heterocycles. The summed E-state index contributed by atoms with van der Waals surface area (Å²) in [7, 11) is 0. The van der Waals surface area contributed by atoms with E-state index in [9.17, 15) is 9.59 Å². The molecule has 2 aromatic carbocycles. The predicted octanol–water partition coefficient (Wildman–Crippen LogP) is 5.96. The average Bonchev–Trinajstić information content (AvgIpc) is 2.71. The van der Waals surface area contributed by atoms with Gasteiger partial charge >= 0.3 is 11.9 Å². The molecule has 28 heavy (non-hydrogen) atoms. The van der Waals surface area contributed by atoms with E-state index >= 15 is 0 Å². The molecule has 0 amide bonds. The van der Waals surface area contributed by atoms with E-state index in [1.807, 2.05) is 36.4 Å². The molecule has 0 saturated heterocycles. The summed E-state index contributed by atoms with van der Waals surface area (Å²) in [5.41, 5.74) is 0.963. The molecule has 0 spiro atoms. The SMILES string of the molecule is CCCCCCCCOC(=O)CCCC(=O)OCc1ccc2ccccc2c1. The van der Waals surface area contributed by atoms with E-state index in [0.29, 0.717) is 13.0 Å². The van der Waals surface area contributed by atoms with Crippen LogP contribution in [-0.2, 0) is 25.7 Å². The van der Waals surface area contributed by atoms with Gasteiger partial charge in [-0.05, 0) is 35.2 Å². The molecule has 2 rings (SSSR count). The van der Waals surface area contributed by atoms with E-state index in [1.165, 1.54) is 25.7 Å². The summed E-state index contributed by atoms with van der Waals surface area (Å²) in [5.74, 6) is -0.507. The van der Waals surface area contributed by atoms with Crippen molar-refractivity contribution in [2.45, 2.75) is 71.3 Å². The van der Waals surface area contributed by atoms with E-state index in [0.717, 1.165) is 29.2 Å². The molecule has 0 aliphatic heterocycles. The Hall–Kier alpha value is -2.36. The number of rotatable bonds is 13. The van der Waals surface area contributed by atoms with Gasteiger partial charge in [0.25, 0.3) is 0 Å². The van der Waals surface area contributed by atoms with Crippen LogP contribution in [0, 0.1) is 0 Å². The van der Waals surface area contributed by atoms with Crippen molar-refractivity contribution in [2.75, 3.05) is 6.61 Å². The molecule has 0 bridgehead atoms. The third kappa shape index (κ3) is 8.55. The summed E-state index contributed by atoms with van der Waals surface area (Å²) < 4.78 is 10.5. The second kappa shape index (κ2) is 12.9. The first kappa shape index (κ1) is 21.9. The molecule has 0 aliphatic rings. The van der Waals surface area contributed by atoms with Crippen LogP contribution in [0.2, 0.25) is 0 Å². The number of hydrogen-bond acceptors (Lipinski definition) is 4. The lowest BCUT2D eigenvalue weighted by Crippen LogP contribution is -2.09. The maximum Gasteiger partial charge on any atom is 0.306 e. The van der Waals surface area contributed by atoms with Crippen molar-refractivity contribution < 1.29 is 19.1 Å². The zero-order chi connectivity index (χ0) is 20.0. The second-order valence-electron chi connectivity index (χ2n) is 7.18. The molecule has 0 atom stereocenters. The number of fused-ring (bicyclic) bond motifs is 1. The number of esters is 2. The normalized spacial score (nSPS) is 10.8. The summed E-state index contributed by atoms with van der Waals surface area (Å²) in [6.45, 7) is 2.94. The maximum atomic E-state index is 11.9. The summed E-state index contributed by atoms with van der Waals surface area (Å²) in [6.07, 6.45) is 7.96. The Morgan fingerprint density at radius 2 is 1.43 bits per heavy atom. The van der Waals surface area contributed by atoms with Gasteiger partial charge in [0.2, 0.25) is 0 Å². The van der Waals surface area contributed by atoms with Crippen molar-refractivity contribution in [3.63, 3.8) is 0 Å². The van der Waals surface area contributed by atoms with Crippen molar-refractivity contribution in [3.8, 4) is 0 Å². The van der Waals surface area contributed by atoms with Crippen molar-refractivity contribution >= 4 is 22.7 Å². The second-order valence-corrected chi connectivity index (χ2v) is 7.18. The van der Waals surface area contributed by atoms with Crippen molar-refractivity contribution in [2.24, 2.45) is 0 Å². The van der Waals surface area contributed by atoms with E-state index < -0.39 is 0 Å². The van der Waals surface area contributed by atoms with Crippen LogP contribution in [0.3, 0.4) is 0 Å². The summed E-state index contributed by atoms with van der Waals surface area (Å²) in [4.78, 5) is 23.6. The summed E-state index contributed by atoms with van der Waals surface area (Å²) in [6, 6.07) is 14.1. The molecule has 0 aromatic heterocycles. The highest BCUT2D eigenvalue weighted by Crippen LogP contribution is 2.16. The number of hydrogen-bond donors (Lipinski definition) is 0. The molecule has 0 N–H and O–H groups in total. The number of unbranched alkanes of at least 4 members (excludes halogenated alkanes) is 5. The molecule has 0 aliphatic carbocycles. The van der Waals surface area contributed by atoms with Gasteiger partial charge in [-0.25, -0.2) is 0 Å². The molecule has 0 radical (unpaired) electrons. The van der Waals surface area contributed by atoms with Crippen LogP contribution >= 0.6 is 0 Å². The Kier molecular flexibility index (Phi) is 10.1. The Morgan fingerprint density at radius 1 is 0.750 bits per heavy atom. The van der Waals surface area contributed by atoms with E-state index in [-0.39, 0.29) is 31.4 Å². The topological polar surface area (TPSA) is 52.6 Å². The smallest absolute Gasteiger partial charge is 0.306 e. The van der Waals surface area contributed by atoms with Crippen LogP contribution < -0.4 is 0 Å². The minimum Gasteiger partial charge on any atom is -0.466 e. The lowest BCUT2D eigenvalue weighted by atomic mass is 10.1. The van der Waals surface area contributed by atoms with Crippen LogP contribution in [0.1, 0.15) is 70.3 Å². The molecule has 0 saturated carbocycles. The molecule has 2 aromatic rings. The highest BCUT2D eigenvalue weighted by atomic mass is 16.5. The van der Waals surface area contributed by atoms with Crippen molar-refractivity contribution in [1.29, 1.82) is 0 Å². The lowest BCUT2D eigenvalue weighted by Gasteiger charge is -2.07. The standard InChI is InChI=1S/C24H32O4/c1-2-3-4-5-6-9-17-27-23(25)13-10-14-24(26)28-19-20-15-16-21-11-7-8-12-22(21)18-20/h7-8,11-12,15-16,18H,2-6,9-10,13-14,17,19H2,1H3. The molecule has 0 fully saturated rings. The third-order valence-corrected chi connectivity index (χ3v) is 4.74. The fourth-order valence-corrected chi connectivity index (χ4v) is 3.08. The zero-order valence-electron chi connectivity index (χ0n) is 17.0. The predicted molar refractivity (Wildman–Crippen MR) is 112 cm³/mol. The Balaban J connectivity index is 1.53. The van der Waals surface area contributed by atoms with Gasteiger partial charge in [0.05, 0.1) is 6.61 Å². The third-order valence-electron chi connectivity index (χ3n) is 4.74. The van der Waals surface area contributed by atoms with Gasteiger partial charge in [-0.1, -0.05) is 75.4 Å². The summed E-state index contributed by atoms with van der Waals surface area (Å²) in [5, 5.41) is 2.29. The van der Waals surface area contributed by atoms with E-state index in [4.69, 9.17) is 9.47 Å². The van der Waals surface area contributed by atoms with E-state index in [2.05, 4.69) is 13.0 Å². The van der Waals surface area contributed by atoms with Crippen LogP contribution in [0.15, 0.2) is 42.5 Å². The zero-order valence-corrected chi connectivity index (χ0v) is 17.0. The number of carbonyl (C=O) groups is 2. The molecule has 4 nitrogen and oxygen atoms in total. The van der Waals surface area contributed by atoms with Crippen molar-refractivity contribution in [1.82, 2.24) is 0 Å².